The highest BCUT2D eigenvalue weighted by molar-refractivity contribution is 6.09. The van der Waals surface area contributed by atoms with Crippen molar-refractivity contribution in [2.24, 2.45) is 0 Å². The topological polar surface area (TPSA) is 81.2 Å². The van der Waals surface area contributed by atoms with Gasteiger partial charge in [0, 0.05) is 33.1 Å². The number of benzene rings is 6. The lowest BCUT2D eigenvalue weighted by Gasteiger charge is -2.18. The Morgan fingerprint density at radius 2 is 1.28 bits per heavy atom. The van der Waals surface area contributed by atoms with E-state index in [2.05, 4.69) is 112 Å². The summed E-state index contributed by atoms with van der Waals surface area (Å²) < 4.78 is 4.39. The largest absolute Gasteiger partial charge is 0.309 e. The SMILES string of the molecule is N#Cc1ccc2c(c1)c1ccccc1n2-c1ccc(-c2cccc(-c3cccc(C#N)c3-n3c4c(c5cccc(C#N)c53)CCC=C4)c2)cc1. The molecule has 0 amide bonds. The molecule has 6 aromatic carbocycles. The number of hydrogen-bond acceptors (Lipinski definition) is 3. The predicted molar refractivity (Wildman–Crippen MR) is 200 cm³/mol. The molecule has 1 aliphatic carbocycles. The maximum absolute atomic E-state index is 10.4. The molecule has 9 rings (SSSR count). The molecule has 1 aliphatic rings. The zero-order valence-electron chi connectivity index (χ0n) is 26.9. The smallest absolute Gasteiger partial charge is 0.101 e. The fourth-order valence-electron chi connectivity index (χ4n) is 7.70. The molecule has 0 aliphatic heterocycles. The van der Waals surface area contributed by atoms with Gasteiger partial charge in [-0.2, -0.15) is 15.8 Å². The fourth-order valence-corrected chi connectivity index (χ4v) is 7.70. The van der Waals surface area contributed by atoms with Gasteiger partial charge in [0.05, 0.1) is 45.0 Å². The minimum Gasteiger partial charge on any atom is -0.309 e. The molecule has 0 saturated heterocycles. The second-order valence-corrected chi connectivity index (χ2v) is 12.6. The summed E-state index contributed by atoms with van der Waals surface area (Å²) in [4.78, 5) is 0. The standard InChI is InChI=1S/C45H27N5/c46-26-29-18-23-43-40(24-29)38-13-2-3-16-41(38)49(43)35-21-19-30(20-22-35)31-8-5-9-32(25-31)36-14-6-10-33(27-47)44(36)50-42-17-4-1-12-37(42)39-15-7-11-34(28-48)45(39)50/h2-11,13-25H,1,12H2. The average Bonchev–Trinajstić information content (AvgIpc) is 3.70. The van der Waals surface area contributed by atoms with Crippen LogP contribution in [0.15, 0.2) is 133 Å². The lowest BCUT2D eigenvalue weighted by atomic mass is 9.95. The Hall–Kier alpha value is -7.13. The first-order valence-corrected chi connectivity index (χ1v) is 16.6. The van der Waals surface area contributed by atoms with E-state index in [1.807, 2.05) is 54.6 Å². The molecule has 232 valence electrons. The van der Waals surface area contributed by atoms with Crippen molar-refractivity contribution in [2.45, 2.75) is 12.8 Å². The van der Waals surface area contributed by atoms with Crippen LogP contribution in [0.25, 0.3) is 72.4 Å². The van der Waals surface area contributed by atoms with Crippen LogP contribution in [-0.4, -0.2) is 9.13 Å². The summed E-state index contributed by atoms with van der Waals surface area (Å²) in [5.74, 6) is 0. The van der Waals surface area contributed by atoms with Crippen LogP contribution in [0.2, 0.25) is 0 Å². The Labute approximate surface area is 289 Å². The van der Waals surface area contributed by atoms with Crippen molar-refractivity contribution in [1.29, 1.82) is 15.8 Å². The van der Waals surface area contributed by atoms with Crippen molar-refractivity contribution in [3.05, 3.63) is 161 Å². The summed E-state index contributed by atoms with van der Waals surface area (Å²) in [6.45, 7) is 0. The third-order valence-corrected chi connectivity index (χ3v) is 9.91. The average molecular weight is 638 g/mol. The third-order valence-electron chi connectivity index (χ3n) is 9.91. The molecule has 0 spiro atoms. The van der Waals surface area contributed by atoms with Gasteiger partial charge >= 0.3 is 0 Å². The van der Waals surface area contributed by atoms with Gasteiger partial charge in [0.15, 0.2) is 0 Å². The van der Waals surface area contributed by atoms with Crippen LogP contribution in [-0.2, 0) is 6.42 Å². The van der Waals surface area contributed by atoms with Crippen molar-refractivity contribution < 1.29 is 0 Å². The summed E-state index contributed by atoms with van der Waals surface area (Å²) >= 11 is 0. The van der Waals surface area contributed by atoms with E-state index in [-0.39, 0.29) is 0 Å². The minimum atomic E-state index is 0.553. The summed E-state index contributed by atoms with van der Waals surface area (Å²) in [5.41, 5.74) is 12.9. The number of nitriles is 3. The van der Waals surface area contributed by atoms with Crippen molar-refractivity contribution in [2.75, 3.05) is 0 Å². The van der Waals surface area contributed by atoms with Crippen molar-refractivity contribution in [1.82, 2.24) is 9.13 Å². The number of allylic oxidation sites excluding steroid dienone is 1. The molecule has 0 atom stereocenters. The van der Waals surface area contributed by atoms with Crippen LogP contribution in [0.5, 0.6) is 0 Å². The first-order chi connectivity index (χ1) is 24.7. The van der Waals surface area contributed by atoms with E-state index in [9.17, 15) is 15.8 Å². The number of nitrogens with zero attached hydrogens (tertiary/aromatic N) is 5. The normalized spacial score (nSPS) is 12.1. The van der Waals surface area contributed by atoms with Crippen LogP contribution >= 0.6 is 0 Å². The van der Waals surface area contributed by atoms with Crippen LogP contribution in [0.1, 0.15) is 34.4 Å². The highest BCUT2D eigenvalue weighted by Gasteiger charge is 2.24. The van der Waals surface area contributed by atoms with Gasteiger partial charge in [0.1, 0.15) is 12.1 Å². The number of aryl methyl sites for hydroxylation is 1. The highest BCUT2D eigenvalue weighted by atomic mass is 15.0. The van der Waals surface area contributed by atoms with Gasteiger partial charge < -0.3 is 9.13 Å². The molecule has 0 radical (unpaired) electrons. The summed E-state index contributed by atoms with van der Waals surface area (Å²) in [5, 5.41) is 33.4. The lowest BCUT2D eigenvalue weighted by molar-refractivity contribution is 0.967. The first kappa shape index (κ1) is 29.0. The van der Waals surface area contributed by atoms with Gasteiger partial charge in [-0.15, -0.1) is 0 Å². The quantitative estimate of drug-likeness (QED) is 0.193. The Kier molecular flexibility index (Phi) is 6.70. The van der Waals surface area contributed by atoms with Gasteiger partial charge in [0.25, 0.3) is 0 Å². The van der Waals surface area contributed by atoms with Gasteiger partial charge in [-0.1, -0.05) is 78.9 Å². The maximum Gasteiger partial charge on any atom is 0.101 e. The third kappa shape index (κ3) is 4.37. The van der Waals surface area contributed by atoms with Crippen molar-refractivity contribution in [3.8, 4) is 51.8 Å². The molecule has 0 unspecified atom stereocenters. The van der Waals surface area contributed by atoms with Gasteiger partial charge in [-0.3, -0.25) is 0 Å². The van der Waals surface area contributed by atoms with Gasteiger partial charge in [-0.05, 0) is 95.8 Å². The van der Waals surface area contributed by atoms with Crippen LogP contribution in [0.3, 0.4) is 0 Å². The summed E-state index contributed by atoms with van der Waals surface area (Å²) in [6, 6.07) is 50.1. The lowest BCUT2D eigenvalue weighted by Crippen LogP contribution is -2.05. The Bertz CT molecular complexity index is 2840. The van der Waals surface area contributed by atoms with E-state index < -0.39 is 0 Å². The van der Waals surface area contributed by atoms with E-state index in [0.29, 0.717) is 16.7 Å². The Balaban J connectivity index is 1.18. The molecule has 2 aromatic heterocycles. The summed E-state index contributed by atoms with van der Waals surface area (Å²) in [6.07, 6.45) is 6.13. The number of aromatic nitrogens is 2. The first-order valence-electron chi connectivity index (χ1n) is 16.6. The zero-order chi connectivity index (χ0) is 33.8. The molecular weight excluding hydrogens is 611 g/mol. The van der Waals surface area contributed by atoms with Crippen molar-refractivity contribution >= 4 is 38.8 Å². The molecule has 8 aromatic rings. The second kappa shape index (κ2) is 11.5. The summed E-state index contributed by atoms with van der Waals surface area (Å²) in [7, 11) is 0. The Morgan fingerprint density at radius 3 is 2.12 bits per heavy atom. The molecule has 0 N–H and O–H groups in total. The van der Waals surface area contributed by atoms with E-state index >= 15 is 0 Å². The van der Waals surface area contributed by atoms with Crippen LogP contribution < -0.4 is 0 Å². The zero-order valence-corrected chi connectivity index (χ0v) is 26.9. The number of fused-ring (bicyclic) bond motifs is 6. The monoisotopic (exact) mass is 637 g/mol. The number of para-hydroxylation sites is 3. The molecule has 0 saturated carbocycles. The van der Waals surface area contributed by atoms with Crippen LogP contribution in [0.4, 0.5) is 0 Å². The minimum absolute atomic E-state index is 0.553. The maximum atomic E-state index is 10.4. The molecule has 50 heavy (non-hydrogen) atoms. The number of rotatable bonds is 4. The second-order valence-electron chi connectivity index (χ2n) is 12.6. The van der Waals surface area contributed by atoms with E-state index in [4.69, 9.17) is 0 Å². The number of hydrogen-bond donors (Lipinski definition) is 0. The molecule has 5 heteroatoms. The highest BCUT2D eigenvalue weighted by Crippen LogP contribution is 2.41. The molecule has 0 fully saturated rings. The van der Waals surface area contributed by atoms with Crippen LogP contribution in [0, 0.1) is 34.0 Å². The van der Waals surface area contributed by atoms with E-state index in [1.54, 1.807) is 0 Å². The fraction of sp³-hybridized carbons (Fsp3) is 0.0444. The van der Waals surface area contributed by atoms with Crippen molar-refractivity contribution in [3.63, 3.8) is 0 Å². The van der Waals surface area contributed by atoms with Gasteiger partial charge in [-0.25, -0.2) is 0 Å². The molecular formula is C45H27N5. The molecule has 5 nitrogen and oxygen atoms in total. The van der Waals surface area contributed by atoms with E-state index in [0.717, 1.165) is 84.9 Å². The van der Waals surface area contributed by atoms with E-state index in [1.165, 1.54) is 5.56 Å². The van der Waals surface area contributed by atoms with Gasteiger partial charge in [0.2, 0.25) is 0 Å². The molecule has 2 heterocycles. The Morgan fingerprint density at radius 1 is 0.540 bits per heavy atom. The predicted octanol–water partition coefficient (Wildman–Crippen LogP) is 10.6. The molecule has 0 bridgehead atoms.